The highest BCUT2D eigenvalue weighted by Crippen LogP contribution is 2.31. The molecule has 1 atom stereocenters. The summed E-state index contributed by atoms with van der Waals surface area (Å²) in [6.07, 6.45) is 0.651. The van der Waals surface area contributed by atoms with Crippen LogP contribution < -0.4 is 0 Å². The van der Waals surface area contributed by atoms with Crippen LogP contribution in [-0.4, -0.2) is 47.4 Å². The molecular weight excluding hydrogens is 310 g/mol. The normalized spacial score (nSPS) is 24.5. The van der Waals surface area contributed by atoms with Crippen molar-refractivity contribution in [2.45, 2.75) is 30.7 Å². The van der Waals surface area contributed by atoms with Gasteiger partial charge in [-0.25, -0.2) is 8.42 Å². The minimum Gasteiger partial charge on any atom is -0.480 e. The Morgan fingerprint density at radius 1 is 1.33 bits per heavy atom. The van der Waals surface area contributed by atoms with Gasteiger partial charge in [0.25, 0.3) is 0 Å². The molecule has 1 saturated heterocycles. The summed E-state index contributed by atoms with van der Waals surface area (Å²) in [7, 11) is -3.82. The Kier molecular flexibility index (Phi) is 4.65. The zero-order chi connectivity index (χ0) is 15.7. The highest BCUT2D eigenvalue weighted by molar-refractivity contribution is 7.99. The minimum atomic E-state index is -3.82. The van der Waals surface area contributed by atoms with E-state index < -0.39 is 21.5 Å². The third-order valence-corrected chi connectivity index (χ3v) is 7.03. The Bertz CT molecular complexity index is 627. The predicted molar refractivity (Wildman–Crippen MR) is 83.1 cm³/mol. The molecule has 0 saturated carbocycles. The van der Waals surface area contributed by atoms with E-state index in [4.69, 9.17) is 0 Å². The molecule has 0 radical (unpaired) electrons. The van der Waals surface area contributed by atoms with Crippen molar-refractivity contribution in [3.05, 3.63) is 29.8 Å². The Labute approximate surface area is 129 Å². The zero-order valence-electron chi connectivity index (χ0n) is 12.1. The molecule has 1 aromatic carbocycles. The van der Waals surface area contributed by atoms with E-state index in [9.17, 15) is 18.3 Å². The van der Waals surface area contributed by atoms with Crippen LogP contribution >= 0.6 is 11.8 Å². The van der Waals surface area contributed by atoms with Crippen LogP contribution in [0.5, 0.6) is 0 Å². The molecule has 21 heavy (non-hydrogen) atoms. The van der Waals surface area contributed by atoms with Crippen molar-refractivity contribution in [2.75, 3.05) is 18.1 Å². The van der Waals surface area contributed by atoms with E-state index in [1.165, 1.54) is 30.8 Å². The number of rotatable bonds is 3. The molecule has 116 valence electrons. The van der Waals surface area contributed by atoms with Crippen LogP contribution in [0.25, 0.3) is 0 Å². The van der Waals surface area contributed by atoms with Crippen molar-refractivity contribution in [3.63, 3.8) is 0 Å². The molecule has 0 unspecified atom stereocenters. The molecule has 5 nitrogen and oxygen atoms in total. The third-order valence-electron chi connectivity index (χ3n) is 3.65. The minimum absolute atomic E-state index is 0.146. The van der Waals surface area contributed by atoms with Gasteiger partial charge in [0.15, 0.2) is 0 Å². The van der Waals surface area contributed by atoms with Gasteiger partial charge in [-0.05, 0) is 38.2 Å². The number of carboxylic acid groups (broad SMARTS) is 1. The summed E-state index contributed by atoms with van der Waals surface area (Å²) in [6.45, 7) is 3.59. The van der Waals surface area contributed by atoms with Crippen molar-refractivity contribution in [1.29, 1.82) is 0 Å². The van der Waals surface area contributed by atoms with Crippen molar-refractivity contribution >= 4 is 27.8 Å². The largest absolute Gasteiger partial charge is 0.480 e. The quantitative estimate of drug-likeness (QED) is 0.917. The molecule has 0 aromatic heterocycles. The molecule has 1 N–H and O–H groups in total. The first-order chi connectivity index (χ1) is 9.78. The zero-order valence-corrected chi connectivity index (χ0v) is 13.7. The maximum absolute atomic E-state index is 12.8. The number of carbonyl (C=O) groups is 1. The molecule has 1 aliphatic rings. The van der Waals surface area contributed by atoms with E-state index in [0.29, 0.717) is 6.42 Å². The monoisotopic (exact) mass is 329 g/mol. The SMILES string of the molecule is Cc1ccc(S(=O)(=O)N2CCCSC[C@@]2(C)C(=O)O)cc1. The predicted octanol–water partition coefficient (Wildman–Crippen LogP) is 1.97. The second kappa shape index (κ2) is 5.98. The van der Waals surface area contributed by atoms with Crippen LogP contribution in [0.4, 0.5) is 0 Å². The summed E-state index contributed by atoms with van der Waals surface area (Å²) in [5.41, 5.74) is -0.452. The molecule has 1 aromatic rings. The number of thioether (sulfide) groups is 1. The molecule has 1 aliphatic heterocycles. The van der Waals surface area contributed by atoms with Gasteiger partial charge in [-0.15, -0.1) is 0 Å². The Morgan fingerprint density at radius 2 is 1.95 bits per heavy atom. The Hall–Kier alpha value is -1.05. The number of carboxylic acids is 1. The fourth-order valence-electron chi connectivity index (χ4n) is 2.29. The summed E-state index contributed by atoms with van der Waals surface area (Å²) >= 11 is 1.48. The maximum atomic E-state index is 12.8. The van der Waals surface area contributed by atoms with Gasteiger partial charge in [0.05, 0.1) is 4.90 Å². The first-order valence-corrected chi connectivity index (χ1v) is 9.28. The van der Waals surface area contributed by atoms with Crippen LogP contribution in [0, 0.1) is 6.92 Å². The highest BCUT2D eigenvalue weighted by atomic mass is 32.2. The average molecular weight is 329 g/mol. The van der Waals surface area contributed by atoms with Crippen molar-refractivity contribution in [3.8, 4) is 0 Å². The summed E-state index contributed by atoms with van der Waals surface area (Å²) < 4.78 is 26.8. The number of aryl methyl sites for hydroxylation is 1. The molecule has 2 rings (SSSR count). The lowest BCUT2D eigenvalue weighted by Crippen LogP contribution is -2.56. The van der Waals surface area contributed by atoms with Gasteiger partial charge in [0.1, 0.15) is 5.54 Å². The number of hydrogen-bond donors (Lipinski definition) is 1. The smallest absolute Gasteiger partial charge is 0.325 e. The second-order valence-electron chi connectivity index (χ2n) is 5.38. The molecule has 0 spiro atoms. The van der Waals surface area contributed by atoms with Gasteiger partial charge in [0, 0.05) is 12.3 Å². The van der Waals surface area contributed by atoms with E-state index >= 15 is 0 Å². The second-order valence-corrected chi connectivity index (χ2v) is 8.34. The van der Waals surface area contributed by atoms with Crippen LogP contribution in [-0.2, 0) is 14.8 Å². The average Bonchev–Trinajstić information content (AvgIpc) is 2.62. The Morgan fingerprint density at radius 3 is 2.52 bits per heavy atom. The van der Waals surface area contributed by atoms with Gasteiger partial charge >= 0.3 is 5.97 Å². The topological polar surface area (TPSA) is 74.7 Å². The van der Waals surface area contributed by atoms with Crippen LogP contribution in [0.15, 0.2) is 29.2 Å². The molecule has 7 heteroatoms. The van der Waals surface area contributed by atoms with E-state index in [1.54, 1.807) is 12.1 Å². The first-order valence-electron chi connectivity index (χ1n) is 6.69. The molecule has 0 aliphatic carbocycles. The lowest BCUT2D eigenvalue weighted by Gasteiger charge is -2.34. The molecule has 1 heterocycles. The number of aliphatic carboxylic acids is 1. The Balaban J connectivity index is 2.48. The number of sulfonamides is 1. The number of hydrogen-bond acceptors (Lipinski definition) is 4. The number of benzene rings is 1. The van der Waals surface area contributed by atoms with Crippen molar-refractivity contribution in [1.82, 2.24) is 4.31 Å². The van der Waals surface area contributed by atoms with E-state index in [2.05, 4.69) is 0 Å². The van der Waals surface area contributed by atoms with Crippen LogP contribution in [0.2, 0.25) is 0 Å². The van der Waals surface area contributed by atoms with Crippen LogP contribution in [0.1, 0.15) is 18.9 Å². The maximum Gasteiger partial charge on any atom is 0.325 e. The summed E-state index contributed by atoms with van der Waals surface area (Å²) in [5, 5.41) is 9.53. The summed E-state index contributed by atoms with van der Waals surface area (Å²) in [4.78, 5) is 11.8. The van der Waals surface area contributed by atoms with E-state index in [1.807, 2.05) is 6.92 Å². The van der Waals surface area contributed by atoms with E-state index in [0.717, 1.165) is 15.6 Å². The van der Waals surface area contributed by atoms with Crippen LogP contribution in [0.3, 0.4) is 0 Å². The first kappa shape index (κ1) is 16.3. The van der Waals surface area contributed by atoms with Gasteiger partial charge in [-0.1, -0.05) is 17.7 Å². The third kappa shape index (κ3) is 3.09. The molecule has 0 bridgehead atoms. The molecule has 0 amide bonds. The fourth-order valence-corrected chi connectivity index (χ4v) is 5.30. The van der Waals surface area contributed by atoms with Gasteiger partial charge in [0.2, 0.25) is 10.0 Å². The van der Waals surface area contributed by atoms with Gasteiger partial charge in [-0.3, -0.25) is 4.79 Å². The van der Waals surface area contributed by atoms with Crippen molar-refractivity contribution < 1.29 is 18.3 Å². The van der Waals surface area contributed by atoms with Crippen molar-refractivity contribution in [2.24, 2.45) is 0 Å². The van der Waals surface area contributed by atoms with E-state index in [-0.39, 0.29) is 17.2 Å². The lowest BCUT2D eigenvalue weighted by molar-refractivity contribution is -0.146. The highest BCUT2D eigenvalue weighted by Gasteiger charge is 2.47. The lowest BCUT2D eigenvalue weighted by atomic mass is 10.1. The molecule has 1 fully saturated rings. The van der Waals surface area contributed by atoms with Gasteiger partial charge < -0.3 is 5.11 Å². The number of nitrogens with zero attached hydrogens (tertiary/aromatic N) is 1. The summed E-state index contributed by atoms with van der Waals surface area (Å²) in [5.74, 6) is -0.0801. The summed E-state index contributed by atoms with van der Waals surface area (Å²) in [6, 6.07) is 6.51. The fraction of sp³-hybridized carbons (Fsp3) is 0.500. The standard InChI is InChI=1S/C14H19NO4S2/c1-11-4-6-12(7-5-11)21(18,19)15-8-3-9-20-10-14(15,2)13(16)17/h4-7H,3,8-10H2,1-2H3,(H,16,17)/t14-/m0/s1. The van der Waals surface area contributed by atoms with Gasteiger partial charge in [-0.2, -0.15) is 16.1 Å². The molecular formula is C14H19NO4S2.